The average molecular weight is 331 g/mol. The third kappa shape index (κ3) is 2.93. The predicted octanol–water partition coefficient (Wildman–Crippen LogP) is 0.999. The Hall–Kier alpha value is -2.57. The van der Waals surface area contributed by atoms with Crippen LogP contribution in [0.3, 0.4) is 0 Å². The van der Waals surface area contributed by atoms with Crippen molar-refractivity contribution >= 4 is 17.8 Å². The Balaban J connectivity index is 1.59. The molecule has 1 unspecified atom stereocenters. The highest BCUT2D eigenvalue weighted by Crippen LogP contribution is 2.32. The Morgan fingerprint density at radius 3 is 2.83 bits per heavy atom. The van der Waals surface area contributed by atoms with Crippen LogP contribution >= 0.6 is 0 Å². The number of carbonyl (C=O) groups excluding carboxylic acids is 3. The molecule has 0 bridgehead atoms. The molecule has 0 aromatic heterocycles. The van der Waals surface area contributed by atoms with Gasteiger partial charge in [-0.2, -0.15) is 0 Å². The number of rotatable bonds is 4. The molecule has 128 valence electrons. The molecule has 0 aliphatic carbocycles. The Labute approximate surface area is 140 Å². The van der Waals surface area contributed by atoms with Crippen molar-refractivity contribution in [2.24, 2.45) is 0 Å². The summed E-state index contributed by atoms with van der Waals surface area (Å²) in [5.74, 6) is 0.366. The standard InChI is InChI=1S/C17H21N3O4/c1-17(2)15(22)19-16(23)20(17)10-14(21)18-9-11-7-8-24-13-6-4-3-5-12(11)13/h3-6,11H,7-10H2,1-2H3,(H,18,21)(H,19,22,23). The van der Waals surface area contributed by atoms with E-state index < -0.39 is 17.5 Å². The summed E-state index contributed by atoms with van der Waals surface area (Å²) in [5, 5.41) is 5.10. The molecule has 3 rings (SSSR count). The number of para-hydroxylation sites is 1. The van der Waals surface area contributed by atoms with Crippen molar-refractivity contribution in [1.29, 1.82) is 0 Å². The van der Waals surface area contributed by atoms with Crippen LogP contribution in [0.4, 0.5) is 4.79 Å². The van der Waals surface area contributed by atoms with Gasteiger partial charge in [-0.25, -0.2) is 4.79 Å². The van der Waals surface area contributed by atoms with Gasteiger partial charge in [-0.15, -0.1) is 0 Å². The van der Waals surface area contributed by atoms with Gasteiger partial charge in [-0.3, -0.25) is 14.9 Å². The second kappa shape index (κ2) is 6.14. The number of urea groups is 1. The molecule has 0 saturated carbocycles. The molecule has 2 heterocycles. The van der Waals surface area contributed by atoms with E-state index in [0.29, 0.717) is 13.2 Å². The van der Waals surface area contributed by atoms with E-state index in [4.69, 9.17) is 4.74 Å². The lowest BCUT2D eigenvalue weighted by molar-refractivity contribution is -0.127. The van der Waals surface area contributed by atoms with Gasteiger partial charge in [-0.05, 0) is 31.9 Å². The van der Waals surface area contributed by atoms with Crippen molar-refractivity contribution in [2.45, 2.75) is 31.7 Å². The number of nitrogens with one attached hydrogen (secondary N) is 2. The summed E-state index contributed by atoms with van der Waals surface area (Å²) in [6.07, 6.45) is 0.825. The molecule has 2 aliphatic heterocycles. The molecular formula is C17H21N3O4. The molecule has 2 N–H and O–H groups in total. The summed E-state index contributed by atoms with van der Waals surface area (Å²) in [6.45, 7) is 4.19. The summed E-state index contributed by atoms with van der Waals surface area (Å²) in [6, 6.07) is 7.26. The largest absolute Gasteiger partial charge is 0.493 e. The van der Waals surface area contributed by atoms with Crippen molar-refractivity contribution in [3.8, 4) is 5.75 Å². The Morgan fingerprint density at radius 2 is 2.12 bits per heavy atom. The molecule has 7 nitrogen and oxygen atoms in total. The molecule has 1 atom stereocenters. The maximum atomic E-state index is 12.2. The van der Waals surface area contributed by atoms with E-state index in [0.717, 1.165) is 17.7 Å². The minimum Gasteiger partial charge on any atom is -0.493 e. The number of carbonyl (C=O) groups is 3. The molecule has 24 heavy (non-hydrogen) atoms. The lowest BCUT2D eigenvalue weighted by Gasteiger charge is -2.28. The first-order chi connectivity index (χ1) is 11.4. The van der Waals surface area contributed by atoms with Crippen LogP contribution in [0.15, 0.2) is 24.3 Å². The lowest BCUT2D eigenvalue weighted by Crippen LogP contribution is -2.49. The molecule has 2 aliphatic rings. The van der Waals surface area contributed by atoms with Gasteiger partial charge in [0.1, 0.15) is 17.8 Å². The zero-order valence-electron chi connectivity index (χ0n) is 13.8. The maximum absolute atomic E-state index is 12.2. The molecule has 0 spiro atoms. The predicted molar refractivity (Wildman–Crippen MR) is 86.6 cm³/mol. The molecule has 1 aromatic rings. The highest BCUT2D eigenvalue weighted by Gasteiger charge is 2.46. The van der Waals surface area contributed by atoms with Gasteiger partial charge >= 0.3 is 6.03 Å². The van der Waals surface area contributed by atoms with Crippen LogP contribution in [0, 0.1) is 0 Å². The number of fused-ring (bicyclic) bond motifs is 1. The van der Waals surface area contributed by atoms with Crippen molar-refractivity contribution in [3.63, 3.8) is 0 Å². The number of imide groups is 1. The normalized spacial score (nSPS) is 21.8. The van der Waals surface area contributed by atoms with Crippen molar-refractivity contribution in [1.82, 2.24) is 15.5 Å². The van der Waals surface area contributed by atoms with Crippen LogP contribution < -0.4 is 15.4 Å². The van der Waals surface area contributed by atoms with Crippen LogP contribution in [0.1, 0.15) is 31.7 Å². The van der Waals surface area contributed by atoms with Gasteiger partial charge in [0, 0.05) is 12.5 Å². The Kier molecular flexibility index (Phi) is 4.17. The second-order valence-corrected chi connectivity index (χ2v) is 6.58. The summed E-state index contributed by atoms with van der Waals surface area (Å²) in [5.41, 5.74) is 0.0677. The molecule has 4 amide bonds. The van der Waals surface area contributed by atoms with E-state index in [-0.39, 0.29) is 18.4 Å². The van der Waals surface area contributed by atoms with Crippen LogP contribution in [-0.2, 0) is 9.59 Å². The van der Waals surface area contributed by atoms with Crippen molar-refractivity contribution in [3.05, 3.63) is 29.8 Å². The highest BCUT2D eigenvalue weighted by atomic mass is 16.5. The molecule has 1 aromatic carbocycles. The molecule has 7 heteroatoms. The van der Waals surface area contributed by atoms with Crippen molar-refractivity contribution in [2.75, 3.05) is 19.7 Å². The van der Waals surface area contributed by atoms with Gasteiger partial charge in [0.25, 0.3) is 5.91 Å². The van der Waals surface area contributed by atoms with Crippen LogP contribution in [0.2, 0.25) is 0 Å². The fourth-order valence-electron chi connectivity index (χ4n) is 3.03. The Morgan fingerprint density at radius 1 is 1.38 bits per heavy atom. The fraction of sp³-hybridized carbons (Fsp3) is 0.471. The Bertz CT molecular complexity index is 686. The van der Waals surface area contributed by atoms with Crippen LogP contribution in [0.25, 0.3) is 0 Å². The lowest BCUT2D eigenvalue weighted by atomic mass is 9.93. The number of ether oxygens (including phenoxy) is 1. The summed E-state index contributed by atoms with van der Waals surface area (Å²) in [7, 11) is 0. The molecule has 1 fully saturated rings. The maximum Gasteiger partial charge on any atom is 0.325 e. The van der Waals surface area contributed by atoms with Gasteiger partial charge in [0.05, 0.1) is 6.61 Å². The van der Waals surface area contributed by atoms with Gasteiger partial charge in [0.15, 0.2) is 0 Å². The summed E-state index contributed by atoms with van der Waals surface area (Å²) < 4.78 is 5.61. The number of benzene rings is 1. The second-order valence-electron chi connectivity index (χ2n) is 6.58. The smallest absolute Gasteiger partial charge is 0.325 e. The van der Waals surface area contributed by atoms with Crippen LogP contribution in [-0.4, -0.2) is 48.0 Å². The molecule has 1 saturated heterocycles. The SMILES string of the molecule is CC1(C)C(=O)NC(=O)N1CC(=O)NCC1CCOc2ccccc21. The summed E-state index contributed by atoms with van der Waals surface area (Å²) >= 11 is 0. The number of nitrogens with zero attached hydrogens (tertiary/aromatic N) is 1. The highest BCUT2D eigenvalue weighted by molar-refractivity contribution is 6.07. The van der Waals surface area contributed by atoms with E-state index in [1.807, 2.05) is 24.3 Å². The minimum atomic E-state index is -1.01. The first kappa shape index (κ1) is 16.3. The van der Waals surface area contributed by atoms with Gasteiger partial charge in [0.2, 0.25) is 5.91 Å². The fourth-order valence-corrected chi connectivity index (χ4v) is 3.03. The quantitative estimate of drug-likeness (QED) is 0.806. The van der Waals surface area contributed by atoms with E-state index in [9.17, 15) is 14.4 Å². The zero-order chi connectivity index (χ0) is 17.3. The summed E-state index contributed by atoms with van der Waals surface area (Å²) in [4.78, 5) is 37.0. The van der Waals surface area contributed by atoms with E-state index in [1.165, 1.54) is 4.90 Å². The third-order valence-corrected chi connectivity index (χ3v) is 4.63. The third-order valence-electron chi connectivity index (χ3n) is 4.63. The van der Waals surface area contributed by atoms with E-state index >= 15 is 0 Å². The minimum absolute atomic E-state index is 0.143. The first-order valence-corrected chi connectivity index (χ1v) is 8.01. The number of hydrogen-bond acceptors (Lipinski definition) is 4. The van der Waals surface area contributed by atoms with Crippen LogP contribution in [0.5, 0.6) is 5.75 Å². The first-order valence-electron chi connectivity index (χ1n) is 8.01. The molecular weight excluding hydrogens is 310 g/mol. The number of amides is 4. The van der Waals surface area contributed by atoms with E-state index in [1.54, 1.807) is 13.8 Å². The number of hydrogen-bond donors (Lipinski definition) is 2. The van der Waals surface area contributed by atoms with Gasteiger partial charge in [-0.1, -0.05) is 18.2 Å². The zero-order valence-corrected chi connectivity index (χ0v) is 13.8. The van der Waals surface area contributed by atoms with Gasteiger partial charge < -0.3 is 15.0 Å². The monoisotopic (exact) mass is 331 g/mol. The molecule has 0 radical (unpaired) electrons. The topological polar surface area (TPSA) is 87.7 Å². The van der Waals surface area contributed by atoms with Crippen molar-refractivity contribution < 1.29 is 19.1 Å². The van der Waals surface area contributed by atoms with E-state index in [2.05, 4.69) is 10.6 Å². The average Bonchev–Trinajstić information content (AvgIpc) is 2.75.